The van der Waals surface area contributed by atoms with Gasteiger partial charge in [-0.15, -0.1) is 0 Å². The van der Waals surface area contributed by atoms with Gasteiger partial charge in [-0.25, -0.2) is 9.97 Å². The molecule has 0 fully saturated rings. The molecule has 0 bridgehead atoms. The van der Waals surface area contributed by atoms with Gasteiger partial charge < -0.3 is 10.2 Å². The Morgan fingerprint density at radius 2 is 2.10 bits per heavy atom. The SMILES string of the molecule is CCCNc1ncnc(N(CC)C(C)CC)c1[N+](=O)[O-]. The molecule has 1 rings (SSSR count). The van der Waals surface area contributed by atoms with E-state index in [9.17, 15) is 10.1 Å². The van der Waals surface area contributed by atoms with Crippen LogP contribution in [-0.2, 0) is 0 Å². The Morgan fingerprint density at radius 3 is 2.60 bits per heavy atom. The summed E-state index contributed by atoms with van der Waals surface area (Å²) in [4.78, 5) is 21.1. The van der Waals surface area contributed by atoms with Crippen molar-refractivity contribution in [3.05, 3.63) is 16.4 Å². The number of nitro groups is 1. The Morgan fingerprint density at radius 1 is 1.40 bits per heavy atom. The summed E-state index contributed by atoms with van der Waals surface area (Å²) in [7, 11) is 0. The first-order valence-corrected chi connectivity index (χ1v) is 7.06. The molecule has 0 aromatic carbocycles. The van der Waals surface area contributed by atoms with E-state index in [1.807, 2.05) is 25.7 Å². The van der Waals surface area contributed by atoms with Gasteiger partial charge in [0.2, 0.25) is 11.6 Å². The van der Waals surface area contributed by atoms with E-state index in [2.05, 4.69) is 22.2 Å². The van der Waals surface area contributed by atoms with E-state index < -0.39 is 4.92 Å². The molecule has 1 aromatic heterocycles. The summed E-state index contributed by atoms with van der Waals surface area (Å²) in [6.45, 7) is 9.37. The summed E-state index contributed by atoms with van der Waals surface area (Å²) in [6.07, 6.45) is 3.15. The van der Waals surface area contributed by atoms with Gasteiger partial charge in [0.15, 0.2) is 0 Å². The summed E-state index contributed by atoms with van der Waals surface area (Å²) in [5.41, 5.74) is -0.0388. The molecule has 1 heterocycles. The van der Waals surface area contributed by atoms with Gasteiger partial charge in [-0.1, -0.05) is 13.8 Å². The zero-order valence-electron chi connectivity index (χ0n) is 12.6. The third-order valence-corrected chi connectivity index (χ3v) is 3.26. The Balaban J connectivity index is 3.26. The molecule has 112 valence electrons. The molecule has 0 saturated heterocycles. The topological polar surface area (TPSA) is 84.2 Å². The van der Waals surface area contributed by atoms with Crippen LogP contribution in [-0.4, -0.2) is 34.0 Å². The van der Waals surface area contributed by atoms with E-state index in [1.165, 1.54) is 6.33 Å². The van der Waals surface area contributed by atoms with Crippen molar-refractivity contribution in [3.8, 4) is 0 Å². The average molecular weight is 281 g/mol. The molecule has 0 radical (unpaired) electrons. The lowest BCUT2D eigenvalue weighted by molar-refractivity contribution is -0.383. The number of nitrogens with one attached hydrogen (secondary N) is 1. The van der Waals surface area contributed by atoms with E-state index in [4.69, 9.17) is 0 Å². The molecule has 0 aliphatic carbocycles. The molecular formula is C13H23N5O2. The zero-order chi connectivity index (χ0) is 15.1. The van der Waals surface area contributed by atoms with E-state index in [0.717, 1.165) is 12.8 Å². The van der Waals surface area contributed by atoms with Gasteiger partial charge in [0.25, 0.3) is 0 Å². The van der Waals surface area contributed by atoms with Gasteiger partial charge in [-0.3, -0.25) is 10.1 Å². The number of hydrogen-bond acceptors (Lipinski definition) is 6. The van der Waals surface area contributed by atoms with Crippen LogP contribution in [0.5, 0.6) is 0 Å². The molecule has 0 saturated carbocycles. The number of anilines is 2. The highest BCUT2D eigenvalue weighted by atomic mass is 16.6. The molecule has 1 atom stereocenters. The predicted octanol–water partition coefficient (Wildman–Crippen LogP) is 2.83. The molecule has 7 heteroatoms. The summed E-state index contributed by atoms with van der Waals surface area (Å²) in [5.74, 6) is 0.684. The van der Waals surface area contributed by atoms with Crippen molar-refractivity contribution >= 4 is 17.3 Å². The van der Waals surface area contributed by atoms with Crippen LogP contribution in [0.25, 0.3) is 0 Å². The van der Waals surface area contributed by atoms with Gasteiger partial charge >= 0.3 is 5.69 Å². The number of hydrogen-bond donors (Lipinski definition) is 1. The molecule has 0 amide bonds. The highest BCUT2D eigenvalue weighted by Gasteiger charge is 2.27. The van der Waals surface area contributed by atoms with Crippen molar-refractivity contribution in [1.29, 1.82) is 0 Å². The zero-order valence-corrected chi connectivity index (χ0v) is 12.6. The molecule has 7 nitrogen and oxygen atoms in total. The van der Waals surface area contributed by atoms with E-state index in [-0.39, 0.29) is 11.7 Å². The lowest BCUT2D eigenvalue weighted by atomic mass is 10.2. The fraction of sp³-hybridized carbons (Fsp3) is 0.692. The molecule has 0 aliphatic heterocycles. The Labute approximate surface area is 119 Å². The van der Waals surface area contributed by atoms with Crippen LogP contribution in [0, 0.1) is 10.1 Å². The second kappa shape index (κ2) is 7.62. The van der Waals surface area contributed by atoms with Gasteiger partial charge in [0.05, 0.1) is 4.92 Å². The Hall–Kier alpha value is -1.92. The van der Waals surface area contributed by atoms with Gasteiger partial charge in [-0.2, -0.15) is 0 Å². The van der Waals surface area contributed by atoms with Crippen molar-refractivity contribution in [1.82, 2.24) is 9.97 Å². The summed E-state index contributed by atoms with van der Waals surface area (Å²) >= 11 is 0. The fourth-order valence-corrected chi connectivity index (χ4v) is 2.01. The van der Waals surface area contributed by atoms with Crippen molar-refractivity contribution in [2.45, 2.75) is 46.6 Å². The Bertz CT molecular complexity index is 452. The smallest absolute Gasteiger partial charge is 0.353 e. The summed E-state index contributed by atoms with van der Waals surface area (Å²) in [5, 5.41) is 14.4. The van der Waals surface area contributed by atoms with Crippen LogP contribution < -0.4 is 10.2 Å². The maximum absolute atomic E-state index is 11.4. The van der Waals surface area contributed by atoms with Crippen molar-refractivity contribution in [2.24, 2.45) is 0 Å². The highest BCUT2D eigenvalue weighted by molar-refractivity contribution is 5.70. The Kier molecular flexibility index (Phi) is 6.14. The first kappa shape index (κ1) is 16.1. The maximum atomic E-state index is 11.4. The van der Waals surface area contributed by atoms with Crippen molar-refractivity contribution in [3.63, 3.8) is 0 Å². The van der Waals surface area contributed by atoms with Crippen molar-refractivity contribution < 1.29 is 4.92 Å². The second-order valence-electron chi connectivity index (χ2n) is 4.62. The minimum absolute atomic E-state index is 0.0388. The van der Waals surface area contributed by atoms with Gasteiger partial charge in [-0.05, 0) is 26.7 Å². The number of nitrogens with zero attached hydrogens (tertiary/aromatic N) is 4. The molecule has 1 unspecified atom stereocenters. The van der Waals surface area contributed by atoms with Crippen molar-refractivity contribution in [2.75, 3.05) is 23.3 Å². The lowest BCUT2D eigenvalue weighted by Gasteiger charge is -2.28. The molecule has 0 spiro atoms. The molecule has 20 heavy (non-hydrogen) atoms. The van der Waals surface area contributed by atoms with Crippen LogP contribution in [0.15, 0.2) is 6.33 Å². The van der Waals surface area contributed by atoms with E-state index in [0.29, 0.717) is 24.7 Å². The standard InChI is InChI=1S/C13H23N5O2/c1-5-8-14-12-11(18(19)20)13(16-9-15-12)17(7-3)10(4)6-2/h9-10H,5-8H2,1-4H3,(H,14,15,16). The lowest BCUT2D eigenvalue weighted by Crippen LogP contribution is -2.33. The summed E-state index contributed by atoms with van der Waals surface area (Å²) < 4.78 is 0. The predicted molar refractivity (Wildman–Crippen MR) is 80.2 cm³/mol. The summed E-state index contributed by atoms with van der Waals surface area (Å²) in [6, 6.07) is 0.188. The number of aromatic nitrogens is 2. The quantitative estimate of drug-likeness (QED) is 0.582. The second-order valence-corrected chi connectivity index (χ2v) is 4.62. The van der Waals surface area contributed by atoms with E-state index >= 15 is 0 Å². The third-order valence-electron chi connectivity index (χ3n) is 3.26. The minimum Gasteiger partial charge on any atom is -0.364 e. The first-order valence-electron chi connectivity index (χ1n) is 7.06. The van der Waals surface area contributed by atoms with Crippen LogP contribution in [0.2, 0.25) is 0 Å². The number of rotatable bonds is 8. The molecule has 0 aliphatic rings. The largest absolute Gasteiger partial charge is 0.364 e. The van der Waals surface area contributed by atoms with Crippen LogP contribution in [0.4, 0.5) is 17.3 Å². The van der Waals surface area contributed by atoms with Crippen LogP contribution in [0.1, 0.15) is 40.5 Å². The third kappa shape index (κ3) is 3.55. The molecular weight excluding hydrogens is 258 g/mol. The van der Waals surface area contributed by atoms with E-state index in [1.54, 1.807) is 0 Å². The van der Waals surface area contributed by atoms with Crippen LogP contribution >= 0.6 is 0 Å². The molecule has 1 aromatic rings. The monoisotopic (exact) mass is 281 g/mol. The average Bonchev–Trinajstić information content (AvgIpc) is 2.45. The normalized spacial score (nSPS) is 12.0. The van der Waals surface area contributed by atoms with Gasteiger partial charge in [0, 0.05) is 19.1 Å². The van der Waals surface area contributed by atoms with Crippen LogP contribution in [0.3, 0.4) is 0 Å². The first-order chi connectivity index (χ1) is 9.56. The molecule has 1 N–H and O–H groups in total. The van der Waals surface area contributed by atoms with Gasteiger partial charge in [0.1, 0.15) is 6.33 Å². The highest BCUT2D eigenvalue weighted by Crippen LogP contribution is 2.32. The maximum Gasteiger partial charge on any atom is 0.353 e. The minimum atomic E-state index is -0.404. The fourth-order valence-electron chi connectivity index (χ4n) is 2.01.